The van der Waals surface area contributed by atoms with Crippen LogP contribution in [0.2, 0.25) is 0 Å². The number of carbonyl (C=O) groups is 1. The van der Waals surface area contributed by atoms with Gasteiger partial charge in [-0.1, -0.05) is 6.58 Å². The zero-order chi connectivity index (χ0) is 13.0. The molecule has 1 atom stereocenters. The fourth-order valence-corrected chi connectivity index (χ4v) is 1.43. The number of allylic oxidation sites excluding steroid dienone is 4. The Kier molecular flexibility index (Phi) is 4.43. The molecule has 0 aromatic rings. The Bertz CT molecular complexity index is 388. The highest BCUT2D eigenvalue weighted by molar-refractivity contribution is 5.70. The minimum absolute atomic E-state index is 0.0662. The van der Waals surface area contributed by atoms with Gasteiger partial charge in [0, 0.05) is 12.1 Å². The summed E-state index contributed by atoms with van der Waals surface area (Å²) in [5.41, 5.74) is -0.124. The lowest BCUT2D eigenvalue weighted by molar-refractivity contribution is 0.139. The molecule has 3 nitrogen and oxygen atoms in total. The van der Waals surface area contributed by atoms with Crippen LogP contribution in [0.5, 0.6) is 0 Å². The van der Waals surface area contributed by atoms with Crippen molar-refractivity contribution in [3.63, 3.8) is 0 Å². The van der Waals surface area contributed by atoms with Gasteiger partial charge in [-0.25, -0.2) is 13.6 Å². The van der Waals surface area contributed by atoms with Crippen LogP contribution in [0.4, 0.5) is 13.6 Å². The quantitative estimate of drug-likeness (QED) is 0.710. The molecule has 1 aliphatic heterocycles. The molecule has 1 rings (SSSR count). The third kappa shape index (κ3) is 3.41. The zero-order valence-corrected chi connectivity index (χ0v) is 9.87. The van der Waals surface area contributed by atoms with Gasteiger partial charge in [-0.2, -0.15) is 0 Å². The van der Waals surface area contributed by atoms with Gasteiger partial charge in [-0.3, -0.25) is 0 Å². The minimum atomic E-state index is -0.712. The monoisotopic (exact) mass is 243 g/mol. The molecule has 5 heteroatoms. The van der Waals surface area contributed by atoms with Crippen molar-refractivity contribution in [2.24, 2.45) is 0 Å². The highest BCUT2D eigenvalue weighted by atomic mass is 19.1. The van der Waals surface area contributed by atoms with Gasteiger partial charge in [0.05, 0.1) is 6.54 Å². The number of hydrogen-bond donors (Lipinski definition) is 0. The average Bonchev–Trinajstić information content (AvgIpc) is 2.62. The molecule has 0 spiro atoms. The number of cyclic esters (lactones) is 1. The van der Waals surface area contributed by atoms with E-state index in [4.69, 9.17) is 4.74 Å². The molecule has 0 saturated carbocycles. The summed E-state index contributed by atoms with van der Waals surface area (Å²) in [5.74, 6) is -1.41. The maximum Gasteiger partial charge on any atom is 0.410 e. The van der Waals surface area contributed by atoms with Crippen molar-refractivity contribution in [3.8, 4) is 0 Å². The minimum Gasteiger partial charge on any atom is -0.444 e. The van der Waals surface area contributed by atoms with E-state index in [-0.39, 0.29) is 18.2 Å². The molecule has 1 heterocycles. The summed E-state index contributed by atoms with van der Waals surface area (Å²) in [4.78, 5) is 12.6. The van der Waals surface area contributed by atoms with Crippen LogP contribution in [0, 0.1) is 0 Å². The zero-order valence-electron chi connectivity index (χ0n) is 9.87. The predicted octanol–water partition coefficient (Wildman–Crippen LogP) is 3.11. The second-order valence-corrected chi connectivity index (χ2v) is 3.83. The van der Waals surface area contributed by atoms with Gasteiger partial charge >= 0.3 is 6.09 Å². The van der Waals surface area contributed by atoms with Crippen LogP contribution >= 0.6 is 0 Å². The van der Waals surface area contributed by atoms with E-state index < -0.39 is 17.7 Å². The van der Waals surface area contributed by atoms with E-state index in [2.05, 4.69) is 6.58 Å². The van der Waals surface area contributed by atoms with Crippen LogP contribution in [0.15, 0.2) is 36.0 Å². The molecular weight excluding hydrogens is 228 g/mol. The lowest BCUT2D eigenvalue weighted by Crippen LogP contribution is -2.24. The molecule has 1 aliphatic rings. The van der Waals surface area contributed by atoms with E-state index in [1.54, 1.807) is 6.92 Å². The van der Waals surface area contributed by atoms with E-state index in [1.165, 1.54) is 11.8 Å². The first kappa shape index (κ1) is 13.4. The van der Waals surface area contributed by atoms with E-state index in [0.29, 0.717) is 6.54 Å². The van der Waals surface area contributed by atoms with Crippen molar-refractivity contribution in [2.75, 3.05) is 13.1 Å². The van der Waals surface area contributed by atoms with Crippen molar-refractivity contribution in [3.05, 3.63) is 36.0 Å². The number of nitrogens with zero attached hydrogens (tertiary/aromatic N) is 1. The van der Waals surface area contributed by atoms with Crippen molar-refractivity contribution in [1.29, 1.82) is 0 Å². The summed E-state index contributed by atoms with van der Waals surface area (Å²) >= 11 is 0. The third-order valence-corrected chi connectivity index (χ3v) is 2.42. The van der Waals surface area contributed by atoms with Crippen molar-refractivity contribution < 1.29 is 18.3 Å². The largest absolute Gasteiger partial charge is 0.444 e. The average molecular weight is 243 g/mol. The van der Waals surface area contributed by atoms with E-state index >= 15 is 0 Å². The molecule has 0 bridgehead atoms. The standard InChI is InChI=1S/C12H15F2NO2/c1-4-10(13)9(3)11(14)5-6-15-7-8(2)17-12(15)16/h4-5,8H,1,6-7H2,2-3H3/b10-9+,11-5+. The maximum absolute atomic E-state index is 13.4. The van der Waals surface area contributed by atoms with Gasteiger partial charge in [0.25, 0.3) is 0 Å². The van der Waals surface area contributed by atoms with Crippen LogP contribution < -0.4 is 0 Å². The Morgan fingerprint density at radius 1 is 1.65 bits per heavy atom. The summed E-state index contributed by atoms with van der Waals surface area (Å²) in [7, 11) is 0. The van der Waals surface area contributed by atoms with Gasteiger partial charge in [-0.15, -0.1) is 0 Å². The number of carbonyl (C=O) groups excluding carboxylic acids is 1. The number of halogens is 2. The van der Waals surface area contributed by atoms with Gasteiger partial charge in [0.1, 0.15) is 17.8 Å². The van der Waals surface area contributed by atoms with Crippen molar-refractivity contribution >= 4 is 6.09 Å². The van der Waals surface area contributed by atoms with Crippen LogP contribution in [-0.2, 0) is 4.74 Å². The van der Waals surface area contributed by atoms with Crippen LogP contribution in [-0.4, -0.2) is 30.2 Å². The molecular formula is C12H15F2NO2. The molecule has 1 fully saturated rings. The number of ether oxygens (including phenoxy) is 1. The van der Waals surface area contributed by atoms with Crippen molar-refractivity contribution in [1.82, 2.24) is 4.90 Å². The molecule has 0 aliphatic carbocycles. The van der Waals surface area contributed by atoms with E-state index in [9.17, 15) is 13.6 Å². The summed E-state index contributed by atoms with van der Waals surface area (Å²) in [6.45, 7) is 6.75. The number of rotatable bonds is 4. The Morgan fingerprint density at radius 2 is 2.29 bits per heavy atom. The summed E-state index contributed by atoms with van der Waals surface area (Å²) in [6, 6.07) is 0. The molecule has 17 heavy (non-hydrogen) atoms. The number of amides is 1. The molecule has 94 valence electrons. The third-order valence-electron chi connectivity index (χ3n) is 2.42. The normalized spacial score (nSPS) is 22.4. The first-order chi connectivity index (χ1) is 7.95. The Hall–Kier alpha value is -1.65. The molecule has 1 amide bonds. The maximum atomic E-state index is 13.4. The second kappa shape index (κ2) is 5.61. The van der Waals surface area contributed by atoms with Gasteiger partial charge in [-0.05, 0) is 26.0 Å². The van der Waals surface area contributed by atoms with Crippen LogP contribution in [0.1, 0.15) is 13.8 Å². The van der Waals surface area contributed by atoms with E-state index in [0.717, 1.165) is 12.2 Å². The Labute approximate surface area is 99.0 Å². The lowest BCUT2D eigenvalue weighted by Gasteiger charge is -2.09. The summed E-state index contributed by atoms with van der Waals surface area (Å²) in [6.07, 6.45) is 1.42. The fourth-order valence-electron chi connectivity index (χ4n) is 1.43. The van der Waals surface area contributed by atoms with Gasteiger partial charge < -0.3 is 9.64 Å². The lowest BCUT2D eigenvalue weighted by atomic mass is 10.2. The van der Waals surface area contributed by atoms with Gasteiger partial charge in [0.2, 0.25) is 0 Å². The fraction of sp³-hybridized carbons (Fsp3) is 0.417. The highest BCUT2D eigenvalue weighted by Gasteiger charge is 2.27. The molecule has 0 radical (unpaired) electrons. The first-order valence-corrected chi connectivity index (χ1v) is 5.26. The van der Waals surface area contributed by atoms with Crippen LogP contribution in [0.3, 0.4) is 0 Å². The highest BCUT2D eigenvalue weighted by Crippen LogP contribution is 2.18. The first-order valence-electron chi connectivity index (χ1n) is 5.26. The van der Waals surface area contributed by atoms with Crippen molar-refractivity contribution in [2.45, 2.75) is 20.0 Å². The smallest absolute Gasteiger partial charge is 0.410 e. The Balaban J connectivity index is 2.66. The second-order valence-electron chi connectivity index (χ2n) is 3.83. The van der Waals surface area contributed by atoms with Crippen LogP contribution in [0.25, 0.3) is 0 Å². The predicted molar refractivity (Wildman–Crippen MR) is 60.7 cm³/mol. The number of hydrogen-bond acceptors (Lipinski definition) is 2. The summed E-state index contributed by atoms with van der Waals surface area (Å²) < 4.78 is 31.3. The molecule has 1 saturated heterocycles. The van der Waals surface area contributed by atoms with Gasteiger partial charge in [0.15, 0.2) is 0 Å². The topological polar surface area (TPSA) is 29.5 Å². The molecule has 0 N–H and O–H groups in total. The van der Waals surface area contributed by atoms with E-state index in [1.807, 2.05) is 0 Å². The molecule has 0 aromatic carbocycles. The SMILES string of the molecule is C=C/C(F)=C(C)\C(F)=C/CN1CC(C)OC1=O. The molecule has 1 unspecified atom stereocenters. The molecule has 0 aromatic heterocycles. The Morgan fingerprint density at radius 3 is 2.76 bits per heavy atom. The summed E-state index contributed by atoms with van der Waals surface area (Å²) in [5, 5.41) is 0.